The van der Waals surface area contributed by atoms with Gasteiger partial charge < -0.3 is 16.3 Å². The second-order valence-corrected chi connectivity index (χ2v) is 5.35. The van der Waals surface area contributed by atoms with Crippen LogP contribution >= 0.6 is 15.9 Å². The second kappa shape index (κ2) is 7.08. The van der Waals surface area contributed by atoms with Crippen molar-refractivity contribution in [3.05, 3.63) is 64.4 Å². The third-order valence-electron chi connectivity index (χ3n) is 3.10. The molecule has 0 radical (unpaired) electrons. The summed E-state index contributed by atoms with van der Waals surface area (Å²) in [5.41, 5.74) is 7.43. The Bertz CT molecular complexity index is 634. The average Bonchev–Trinajstić information content (AvgIpc) is 2.50. The topological polar surface area (TPSA) is 70.6 Å². The zero-order chi connectivity index (χ0) is 15.2. The Morgan fingerprint density at radius 1 is 1.29 bits per heavy atom. The third-order valence-corrected chi connectivity index (χ3v) is 3.76. The molecular formula is C15H15BrFN3O. The van der Waals surface area contributed by atoms with Crippen molar-refractivity contribution in [2.75, 3.05) is 11.9 Å². The van der Waals surface area contributed by atoms with Crippen molar-refractivity contribution in [2.45, 2.75) is 5.92 Å². The van der Waals surface area contributed by atoms with Gasteiger partial charge in [0.1, 0.15) is 11.7 Å². The summed E-state index contributed by atoms with van der Waals surface area (Å²) in [4.78, 5) is 0. The highest BCUT2D eigenvalue weighted by molar-refractivity contribution is 9.10. The van der Waals surface area contributed by atoms with Gasteiger partial charge in [-0.05, 0) is 39.7 Å². The Balaban J connectivity index is 2.17. The molecule has 4 nitrogen and oxygen atoms in total. The molecular weight excluding hydrogens is 337 g/mol. The predicted molar refractivity (Wildman–Crippen MR) is 85.2 cm³/mol. The molecule has 0 fully saturated rings. The van der Waals surface area contributed by atoms with Gasteiger partial charge in [-0.3, -0.25) is 0 Å². The Morgan fingerprint density at radius 3 is 2.62 bits per heavy atom. The molecule has 0 saturated heterocycles. The smallest absolute Gasteiger partial charge is 0.148 e. The predicted octanol–water partition coefficient (Wildman–Crippen LogP) is 3.53. The highest BCUT2D eigenvalue weighted by Gasteiger charge is 2.16. The molecule has 0 saturated carbocycles. The molecule has 1 unspecified atom stereocenters. The molecule has 1 atom stereocenters. The van der Waals surface area contributed by atoms with Gasteiger partial charge in [0.05, 0.1) is 5.92 Å². The van der Waals surface area contributed by atoms with Crippen molar-refractivity contribution >= 4 is 27.5 Å². The molecule has 0 aliphatic rings. The zero-order valence-corrected chi connectivity index (χ0v) is 12.7. The van der Waals surface area contributed by atoms with E-state index in [1.807, 2.05) is 30.3 Å². The molecule has 21 heavy (non-hydrogen) atoms. The standard InChI is InChI=1S/C15H15BrFN3O/c16-13-8-11(17)6-7-14(13)19-9-12(15(18)20-21)10-4-2-1-3-5-10/h1-8,12,19,21H,9H2,(H2,18,20). The fourth-order valence-corrected chi connectivity index (χ4v) is 2.48. The van der Waals surface area contributed by atoms with Crippen molar-refractivity contribution in [1.29, 1.82) is 0 Å². The third kappa shape index (κ3) is 3.95. The molecule has 0 aliphatic heterocycles. The SMILES string of the molecule is NC(=NO)C(CNc1ccc(F)cc1Br)c1ccccc1. The second-order valence-electron chi connectivity index (χ2n) is 4.49. The van der Waals surface area contributed by atoms with E-state index in [1.54, 1.807) is 6.07 Å². The number of rotatable bonds is 5. The van der Waals surface area contributed by atoms with E-state index in [1.165, 1.54) is 12.1 Å². The van der Waals surface area contributed by atoms with E-state index in [4.69, 9.17) is 10.9 Å². The van der Waals surface area contributed by atoms with E-state index in [2.05, 4.69) is 26.4 Å². The number of nitrogens with zero attached hydrogens (tertiary/aromatic N) is 1. The first kappa shape index (κ1) is 15.3. The summed E-state index contributed by atoms with van der Waals surface area (Å²) in [7, 11) is 0. The van der Waals surface area contributed by atoms with Crippen LogP contribution in [0.2, 0.25) is 0 Å². The number of anilines is 1. The normalized spacial score (nSPS) is 13.0. The van der Waals surface area contributed by atoms with Gasteiger partial charge in [-0.2, -0.15) is 0 Å². The van der Waals surface area contributed by atoms with Gasteiger partial charge in [0.25, 0.3) is 0 Å². The first-order valence-electron chi connectivity index (χ1n) is 6.33. The summed E-state index contributed by atoms with van der Waals surface area (Å²) >= 11 is 3.29. The largest absolute Gasteiger partial charge is 0.409 e. The molecule has 2 aromatic carbocycles. The van der Waals surface area contributed by atoms with Crippen molar-refractivity contribution < 1.29 is 9.60 Å². The van der Waals surface area contributed by atoms with Crippen LogP contribution in [0.3, 0.4) is 0 Å². The van der Waals surface area contributed by atoms with Crippen LogP contribution in [0.15, 0.2) is 58.2 Å². The number of hydrogen-bond donors (Lipinski definition) is 3. The number of amidine groups is 1. The van der Waals surface area contributed by atoms with Crippen molar-refractivity contribution in [3.8, 4) is 0 Å². The van der Waals surface area contributed by atoms with Crippen LogP contribution < -0.4 is 11.1 Å². The highest BCUT2D eigenvalue weighted by Crippen LogP contribution is 2.24. The molecule has 4 N–H and O–H groups in total. The summed E-state index contributed by atoms with van der Waals surface area (Å²) in [6, 6.07) is 13.9. The number of halogens is 2. The maximum Gasteiger partial charge on any atom is 0.148 e. The van der Waals surface area contributed by atoms with E-state index in [9.17, 15) is 4.39 Å². The minimum Gasteiger partial charge on any atom is -0.409 e. The van der Waals surface area contributed by atoms with Crippen molar-refractivity contribution in [2.24, 2.45) is 10.9 Å². The lowest BCUT2D eigenvalue weighted by atomic mass is 9.98. The van der Waals surface area contributed by atoms with Crippen LogP contribution in [0.1, 0.15) is 11.5 Å². The van der Waals surface area contributed by atoms with E-state index < -0.39 is 0 Å². The number of nitrogens with one attached hydrogen (secondary N) is 1. The fraction of sp³-hybridized carbons (Fsp3) is 0.133. The zero-order valence-electron chi connectivity index (χ0n) is 11.1. The Labute approximate surface area is 130 Å². The summed E-state index contributed by atoms with van der Waals surface area (Å²) in [6.45, 7) is 0.421. The summed E-state index contributed by atoms with van der Waals surface area (Å²) in [5, 5.41) is 15.2. The van der Waals surface area contributed by atoms with E-state index in [0.29, 0.717) is 11.0 Å². The van der Waals surface area contributed by atoms with Gasteiger partial charge in [0.2, 0.25) is 0 Å². The van der Waals surface area contributed by atoms with Crippen LogP contribution in [-0.2, 0) is 0 Å². The Kier molecular flexibility index (Phi) is 5.16. The highest BCUT2D eigenvalue weighted by atomic mass is 79.9. The Morgan fingerprint density at radius 2 is 2.00 bits per heavy atom. The monoisotopic (exact) mass is 351 g/mol. The fourth-order valence-electron chi connectivity index (χ4n) is 1.99. The molecule has 0 aromatic heterocycles. The minimum absolute atomic E-state index is 0.118. The van der Waals surface area contributed by atoms with Crippen LogP contribution in [0, 0.1) is 5.82 Å². The van der Waals surface area contributed by atoms with Gasteiger partial charge in [-0.1, -0.05) is 35.5 Å². The lowest BCUT2D eigenvalue weighted by Gasteiger charge is -2.18. The Hall–Kier alpha value is -2.08. The van der Waals surface area contributed by atoms with Gasteiger partial charge >= 0.3 is 0 Å². The first-order chi connectivity index (χ1) is 10.1. The molecule has 0 heterocycles. The average molecular weight is 352 g/mol. The molecule has 0 bridgehead atoms. The summed E-state index contributed by atoms with van der Waals surface area (Å²) < 4.78 is 13.7. The van der Waals surface area contributed by atoms with Gasteiger partial charge in [0, 0.05) is 16.7 Å². The molecule has 0 amide bonds. The molecule has 2 rings (SSSR count). The molecule has 6 heteroatoms. The molecule has 0 aliphatic carbocycles. The van der Waals surface area contributed by atoms with Crippen molar-refractivity contribution in [3.63, 3.8) is 0 Å². The number of oxime groups is 1. The quantitative estimate of drug-likeness (QED) is 0.334. The molecule has 2 aromatic rings. The number of hydrogen-bond acceptors (Lipinski definition) is 3. The molecule has 0 spiro atoms. The van der Waals surface area contributed by atoms with E-state index in [0.717, 1.165) is 11.3 Å². The van der Waals surface area contributed by atoms with Crippen LogP contribution in [0.4, 0.5) is 10.1 Å². The van der Waals surface area contributed by atoms with Gasteiger partial charge in [-0.15, -0.1) is 0 Å². The molecule has 110 valence electrons. The maximum absolute atomic E-state index is 13.1. The first-order valence-corrected chi connectivity index (χ1v) is 7.12. The lowest BCUT2D eigenvalue weighted by molar-refractivity contribution is 0.316. The van der Waals surface area contributed by atoms with Gasteiger partial charge in [0.15, 0.2) is 0 Å². The van der Waals surface area contributed by atoms with Crippen molar-refractivity contribution in [1.82, 2.24) is 0 Å². The lowest BCUT2D eigenvalue weighted by Crippen LogP contribution is -2.28. The maximum atomic E-state index is 13.1. The van der Waals surface area contributed by atoms with Gasteiger partial charge in [-0.25, -0.2) is 4.39 Å². The number of nitrogens with two attached hydrogens (primary N) is 1. The van der Waals surface area contributed by atoms with E-state index >= 15 is 0 Å². The van der Waals surface area contributed by atoms with Crippen LogP contribution in [0.25, 0.3) is 0 Å². The summed E-state index contributed by atoms with van der Waals surface area (Å²) in [5.74, 6) is -0.483. The van der Waals surface area contributed by atoms with E-state index in [-0.39, 0.29) is 17.6 Å². The van der Waals surface area contributed by atoms with Crippen LogP contribution in [-0.4, -0.2) is 17.6 Å². The number of benzene rings is 2. The minimum atomic E-state index is -0.316. The van der Waals surface area contributed by atoms with Crippen LogP contribution in [0.5, 0.6) is 0 Å². The summed E-state index contributed by atoms with van der Waals surface area (Å²) in [6.07, 6.45) is 0.